The summed E-state index contributed by atoms with van der Waals surface area (Å²) in [5.41, 5.74) is 7.84. The zero-order valence-electron chi connectivity index (χ0n) is 12.1. The normalized spacial score (nSPS) is 11.8. The molecule has 0 aliphatic heterocycles. The molecule has 1 unspecified atom stereocenters. The van der Waals surface area contributed by atoms with Crippen LogP contribution in [0, 0.1) is 0 Å². The summed E-state index contributed by atoms with van der Waals surface area (Å²) >= 11 is 3.49. The lowest BCUT2D eigenvalue weighted by molar-refractivity contribution is 0.406. The minimum Gasteiger partial charge on any atom is -0.496 e. The molecule has 0 bridgehead atoms. The van der Waals surface area contributed by atoms with E-state index in [1.54, 1.807) is 14.2 Å². The number of ether oxygens (including phenoxy) is 2. The third-order valence-electron chi connectivity index (χ3n) is 3.24. The zero-order valence-corrected chi connectivity index (χ0v) is 13.7. The second kappa shape index (κ2) is 7.33. The minimum absolute atomic E-state index is 0.0752. The molecule has 0 saturated heterocycles. The van der Waals surface area contributed by atoms with Gasteiger partial charge in [-0.3, -0.25) is 0 Å². The number of hydrogen-bond donors (Lipinski definition) is 2. The Kier molecular flexibility index (Phi) is 5.47. The van der Waals surface area contributed by atoms with Gasteiger partial charge in [-0.15, -0.1) is 0 Å². The Balaban J connectivity index is 2.34. The Labute approximate surface area is 133 Å². The van der Waals surface area contributed by atoms with Crippen LogP contribution in [-0.2, 0) is 0 Å². The first-order chi connectivity index (χ1) is 10.2. The highest BCUT2D eigenvalue weighted by atomic mass is 79.9. The van der Waals surface area contributed by atoms with Gasteiger partial charge in [0.05, 0.1) is 25.9 Å². The summed E-state index contributed by atoms with van der Waals surface area (Å²) in [6.07, 6.45) is 0. The fourth-order valence-corrected chi connectivity index (χ4v) is 2.57. The summed E-state index contributed by atoms with van der Waals surface area (Å²) in [5, 5.41) is 3.42. The van der Waals surface area contributed by atoms with E-state index in [2.05, 4.69) is 21.2 Å². The topological polar surface area (TPSA) is 56.5 Å². The summed E-state index contributed by atoms with van der Waals surface area (Å²) in [4.78, 5) is 0. The van der Waals surface area contributed by atoms with Crippen molar-refractivity contribution in [3.63, 3.8) is 0 Å². The number of para-hydroxylation sites is 2. The smallest absolute Gasteiger partial charge is 0.141 e. The lowest BCUT2D eigenvalue weighted by Gasteiger charge is -2.22. The van der Waals surface area contributed by atoms with Crippen LogP contribution in [0.4, 0.5) is 5.69 Å². The van der Waals surface area contributed by atoms with Crippen LogP contribution < -0.4 is 20.5 Å². The first-order valence-corrected chi connectivity index (χ1v) is 7.42. The largest absolute Gasteiger partial charge is 0.496 e. The van der Waals surface area contributed by atoms with E-state index in [-0.39, 0.29) is 6.04 Å². The van der Waals surface area contributed by atoms with Gasteiger partial charge in [0, 0.05) is 16.6 Å². The molecule has 1 atom stereocenters. The maximum absolute atomic E-state index is 5.94. The van der Waals surface area contributed by atoms with Crippen LogP contribution in [0.25, 0.3) is 0 Å². The molecule has 0 heterocycles. The predicted octanol–water partition coefficient (Wildman–Crippen LogP) is 3.58. The molecule has 0 aliphatic carbocycles. The minimum atomic E-state index is -0.0752. The monoisotopic (exact) mass is 350 g/mol. The van der Waals surface area contributed by atoms with Gasteiger partial charge in [0.15, 0.2) is 0 Å². The van der Waals surface area contributed by atoms with E-state index in [4.69, 9.17) is 15.2 Å². The van der Waals surface area contributed by atoms with Crippen LogP contribution in [0.2, 0.25) is 0 Å². The summed E-state index contributed by atoms with van der Waals surface area (Å²) in [7, 11) is 3.31. The van der Waals surface area contributed by atoms with Crippen molar-refractivity contribution in [3.8, 4) is 11.5 Å². The molecule has 0 fully saturated rings. The van der Waals surface area contributed by atoms with E-state index in [9.17, 15) is 0 Å². The van der Waals surface area contributed by atoms with Gasteiger partial charge in [0.1, 0.15) is 11.5 Å². The van der Waals surface area contributed by atoms with E-state index in [0.717, 1.165) is 27.2 Å². The molecular weight excluding hydrogens is 332 g/mol. The van der Waals surface area contributed by atoms with Gasteiger partial charge in [0.25, 0.3) is 0 Å². The van der Waals surface area contributed by atoms with Gasteiger partial charge in [0.2, 0.25) is 0 Å². The van der Waals surface area contributed by atoms with Crippen LogP contribution in [0.3, 0.4) is 0 Å². The van der Waals surface area contributed by atoms with Crippen molar-refractivity contribution < 1.29 is 9.47 Å². The number of halogens is 1. The van der Waals surface area contributed by atoms with E-state index < -0.39 is 0 Å². The van der Waals surface area contributed by atoms with Gasteiger partial charge >= 0.3 is 0 Å². The second-order valence-electron chi connectivity index (χ2n) is 4.52. The van der Waals surface area contributed by atoms with Crippen LogP contribution in [0.5, 0.6) is 11.5 Å². The molecular formula is C16H19BrN2O2. The molecule has 3 N–H and O–H groups in total. The molecule has 4 nitrogen and oxygen atoms in total. The molecule has 2 aromatic rings. The van der Waals surface area contributed by atoms with Gasteiger partial charge in [-0.05, 0) is 30.3 Å². The Bertz CT molecular complexity index is 605. The van der Waals surface area contributed by atoms with E-state index in [1.807, 2.05) is 42.5 Å². The fraction of sp³-hybridized carbons (Fsp3) is 0.250. The SMILES string of the molecule is COc1ccccc1NC(CN)c1cc(Br)ccc1OC. The van der Waals surface area contributed by atoms with Crippen molar-refractivity contribution in [2.45, 2.75) is 6.04 Å². The molecule has 0 aliphatic rings. The molecule has 0 spiro atoms. The molecule has 2 aromatic carbocycles. The average molecular weight is 351 g/mol. The van der Waals surface area contributed by atoms with Crippen LogP contribution in [-0.4, -0.2) is 20.8 Å². The average Bonchev–Trinajstić information content (AvgIpc) is 2.53. The van der Waals surface area contributed by atoms with Crippen LogP contribution in [0.15, 0.2) is 46.9 Å². The highest BCUT2D eigenvalue weighted by molar-refractivity contribution is 9.10. The van der Waals surface area contributed by atoms with E-state index >= 15 is 0 Å². The lowest BCUT2D eigenvalue weighted by Crippen LogP contribution is -2.21. The number of anilines is 1. The fourth-order valence-electron chi connectivity index (χ4n) is 2.19. The molecule has 0 aromatic heterocycles. The van der Waals surface area contributed by atoms with E-state index in [1.165, 1.54) is 0 Å². The number of nitrogens with one attached hydrogen (secondary N) is 1. The highest BCUT2D eigenvalue weighted by Gasteiger charge is 2.16. The van der Waals surface area contributed by atoms with Gasteiger partial charge in [-0.1, -0.05) is 28.1 Å². The summed E-state index contributed by atoms with van der Waals surface area (Å²) in [5.74, 6) is 1.58. The first-order valence-electron chi connectivity index (χ1n) is 6.62. The molecule has 0 saturated carbocycles. The Hall–Kier alpha value is -1.72. The molecule has 112 valence electrons. The quantitative estimate of drug-likeness (QED) is 0.835. The van der Waals surface area contributed by atoms with Crippen molar-refractivity contribution in [1.29, 1.82) is 0 Å². The van der Waals surface area contributed by atoms with Crippen molar-refractivity contribution in [2.24, 2.45) is 5.73 Å². The third kappa shape index (κ3) is 3.68. The van der Waals surface area contributed by atoms with Crippen molar-refractivity contribution in [2.75, 3.05) is 26.1 Å². The predicted molar refractivity (Wildman–Crippen MR) is 89.1 cm³/mol. The Morgan fingerprint density at radius 3 is 2.48 bits per heavy atom. The standard InChI is InChI=1S/C16H19BrN2O2/c1-20-15-8-7-11(17)9-12(15)14(10-18)19-13-5-3-4-6-16(13)21-2/h3-9,14,19H,10,18H2,1-2H3. The molecule has 5 heteroatoms. The zero-order chi connectivity index (χ0) is 15.2. The number of rotatable bonds is 6. The Morgan fingerprint density at radius 2 is 1.81 bits per heavy atom. The first kappa shape index (κ1) is 15.7. The van der Waals surface area contributed by atoms with Crippen LogP contribution >= 0.6 is 15.9 Å². The summed E-state index contributed by atoms with van der Waals surface area (Å²) < 4.78 is 11.8. The third-order valence-corrected chi connectivity index (χ3v) is 3.73. The number of nitrogens with two attached hydrogens (primary N) is 1. The number of hydrogen-bond acceptors (Lipinski definition) is 4. The summed E-state index contributed by atoms with van der Waals surface area (Å²) in [6.45, 7) is 0.435. The summed E-state index contributed by atoms with van der Waals surface area (Å²) in [6, 6.07) is 13.6. The van der Waals surface area contributed by atoms with Gasteiger partial charge < -0.3 is 20.5 Å². The molecule has 2 rings (SSSR count). The molecule has 0 radical (unpaired) electrons. The maximum Gasteiger partial charge on any atom is 0.141 e. The van der Waals surface area contributed by atoms with Crippen molar-refractivity contribution in [1.82, 2.24) is 0 Å². The Morgan fingerprint density at radius 1 is 1.10 bits per heavy atom. The second-order valence-corrected chi connectivity index (χ2v) is 5.43. The van der Waals surface area contributed by atoms with Crippen molar-refractivity contribution >= 4 is 21.6 Å². The maximum atomic E-state index is 5.94. The molecule has 0 amide bonds. The highest BCUT2D eigenvalue weighted by Crippen LogP contribution is 2.32. The van der Waals surface area contributed by atoms with Gasteiger partial charge in [-0.2, -0.15) is 0 Å². The van der Waals surface area contributed by atoms with Gasteiger partial charge in [-0.25, -0.2) is 0 Å². The number of benzene rings is 2. The number of methoxy groups -OCH3 is 2. The van der Waals surface area contributed by atoms with Crippen molar-refractivity contribution in [3.05, 3.63) is 52.5 Å². The lowest BCUT2D eigenvalue weighted by atomic mass is 10.1. The molecule has 21 heavy (non-hydrogen) atoms. The van der Waals surface area contributed by atoms with Crippen LogP contribution in [0.1, 0.15) is 11.6 Å². The van der Waals surface area contributed by atoms with E-state index in [0.29, 0.717) is 6.54 Å².